The SMILES string of the molecule is CCNC(=NCc1cc(F)cc(Br)c1)NCCc1ccco1.I. The zero-order valence-corrected chi connectivity index (χ0v) is 16.7. The Kier molecular flexibility index (Phi) is 9.23. The van der Waals surface area contributed by atoms with Gasteiger partial charge in [-0.3, -0.25) is 0 Å². The molecule has 0 radical (unpaired) electrons. The molecule has 0 aliphatic heterocycles. The van der Waals surface area contributed by atoms with Crippen molar-refractivity contribution in [1.82, 2.24) is 10.6 Å². The van der Waals surface area contributed by atoms with Gasteiger partial charge in [0.2, 0.25) is 0 Å². The van der Waals surface area contributed by atoms with Gasteiger partial charge in [0.05, 0.1) is 12.8 Å². The summed E-state index contributed by atoms with van der Waals surface area (Å²) in [7, 11) is 0. The first-order chi connectivity index (χ1) is 10.7. The molecule has 0 fully saturated rings. The number of nitrogens with zero attached hydrogens (tertiary/aromatic N) is 1. The molecule has 23 heavy (non-hydrogen) atoms. The van der Waals surface area contributed by atoms with Gasteiger partial charge in [-0.15, -0.1) is 24.0 Å². The molecule has 126 valence electrons. The van der Waals surface area contributed by atoms with Crippen molar-refractivity contribution in [2.24, 2.45) is 4.99 Å². The first-order valence-corrected chi connectivity index (χ1v) is 7.96. The predicted octanol–water partition coefficient (Wildman–Crippen LogP) is 4.10. The van der Waals surface area contributed by atoms with Crippen LogP contribution in [0, 0.1) is 5.82 Å². The van der Waals surface area contributed by atoms with Crippen molar-refractivity contribution < 1.29 is 8.81 Å². The Morgan fingerprint density at radius 1 is 1.30 bits per heavy atom. The summed E-state index contributed by atoms with van der Waals surface area (Å²) in [5.41, 5.74) is 0.815. The maximum Gasteiger partial charge on any atom is 0.191 e. The minimum absolute atomic E-state index is 0. The van der Waals surface area contributed by atoms with E-state index >= 15 is 0 Å². The van der Waals surface area contributed by atoms with Gasteiger partial charge in [-0.05, 0) is 42.8 Å². The third-order valence-electron chi connectivity index (χ3n) is 2.93. The smallest absolute Gasteiger partial charge is 0.191 e. The molecule has 2 aromatic rings. The van der Waals surface area contributed by atoms with E-state index in [2.05, 4.69) is 31.6 Å². The van der Waals surface area contributed by atoms with Gasteiger partial charge >= 0.3 is 0 Å². The molecular weight excluding hydrogens is 476 g/mol. The van der Waals surface area contributed by atoms with E-state index in [0.29, 0.717) is 23.5 Å². The van der Waals surface area contributed by atoms with Crippen LogP contribution in [0.25, 0.3) is 0 Å². The molecule has 1 heterocycles. The number of halogens is 3. The average Bonchev–Trinajstić information content (AvgIpc) is 2.97. The number of aliphatic imine (C=N–C) groups is 1. The molecule has 4 nitrogen and oxygen atoms in total. The van der Waals surface area contributed by atoms with Crippen molar-refractivity contribution >= 4 is 45.9 Å². The molecule has 1 aromatic carbocycles. The highest BCUT2D eigenvalue weighted by Crippen LogP contribution is 2.15. The molecular formula is C16H20BrFIN3O. The number of rotatable bonds is 6. The molecule has 1 aromatic heterocycles. The largest absolute Gasteiger partial charge is 0.469 e. The average molecular weight is 496 g/mol. The summed E-state index contributed by atoms with van der Waals surface area (Å²) >= 11 is 3.28. The second-order valence-electron chi connectivity index (χ2n) is 4.73. The van der Waals surface area contributed by atoms with E-state index < -0.39 is 0 Å². The van der Waals surface area contributed by atoms with Gasteiger partial charge in [0.1, 0.15) is 11.6 Å². The zero-order chi connectivity index (χ0) is 15.8. The van der Waals surface area contributed by atoms with Crippen LogP contribution >= 0.6 is 39.9 Å². The number of guanidine groups is 1. The molecule has 0 amide bonds. The molecule has 7 heteroatoms. The van der Waals surface area contributed by atoms with Crippen molar-refractivity contribution in [3.8, 4) is 0 Å². The van der Waals surface area contributed by atoms with E-state index in [1.165, 1.54) is 12.1 Å². The normalized spacial score (nSPS) is 11.0. The highest BCUT2D eigenvalue weighted by Gasteiger charge is 2.01. The van der Waals surface area contributed by atoms with Crippen LogP contribution in [0.1, 0.15) is 18.2 Å². The van der Waals surface area contributed by atoms with Gasteiger partial charge in [0.25, 0.3) is 0 Å². The van der Waals surface area contributed by atoms with Crippen LogP contribution in [0.3, 0.4) is 0 Å². The number of nitrogens with one attached hydrogen (secondary N) is 2. The predicted molar refractivity (Wildman–Crippen MR) is 105 cm³/mol. The van der Waals surface area contributed by atoms with Crippen LogP contribution in [0.5, 0.6) is 0 Å². The number of benzene rings is 1. The van der Waals surface area contributed by atoms with E-state index in [4.69, 9.17) is 4.42 Å². The number of hydrogen-bond acceptors (Lipinski definition) is 2. The maximum absolute atomic E-state index is 13.3. The molecule has 0 saturated heterocycles. The Morgan fingerprint density at radius 3 is 2.78 bits per heavy atom. The molecule has 2 N–H and O–H groups in total. The van der Waals surface area contributed by atoms with Crippen molar-refractivity contribution in [2.45, 2.75) is 19.9 Å². The molecule has 0 atom stereocenters. The van der Waals surface area contributed by atoms with Crippen molar-refractivity contribution in [2.75, 3.05) is 13.1 Å². The van der Waals surface area contributed by atoms with Crippen LogP contribution in [-0.2, 0) is 13.0 Å². The third kappa shape index (κ3) is 7.34. The Labute approximate surface area is 161 Å². The van der Waals surface area contributed by atoms with Gasteiger partial charge in [-0.25, -0.2) is 9.38 Å². The Balaban J connectivity index is 0.00000264. The zero-order valence-electron chi connectivity index (χ0n) is 12.8. The summed E-state index contributed by atoms with van der Waals surface area (Å²) in [6, 6.07) is 8.59. The fourth-order valence-electron chi connectivity index (χ4n) is 1.97. The van der Waals surface area contributed by atoms with Gasteiger partial charge < -0.3 is 15.1 Å². The van der Waals surface area contributed by atoms with Gasteiger partial charge in [-0.1, -0.05) is 15.9 Å². The lowest BCUT2D eigenvalue weighted by Gasteiger charge is -2.10. The minimum atomic E-state index is -0.268. The standard InChI is InChI=1S/C16H19BrFN3O.HI/c1-2-19-16(20-6-5-15-4-3-7-22-15)21-11-12-8-13(17)10-14(18)9-12;/h3-4,7-10H,2,5-6,11H2,1H3,(H2,19,20,21);1H. The number of furan rings is 1. The second-order valence-corrected chi connectivity index (χ2v) is 5.64. The maximum atomic E-state index is 13.3. The Bertz CT molecular complexity index is 600. The van der Waals surface area contributed by atoms with E-state index in [9.17, 15) is 4.39 Å². The summed E-state index contributed by atoms with van der Waals surface area (Å²) < 4.78 is 19.3. The first-order valence-electron chi connectivity index (χ1n) is 7.17. The Morgan fingerprint density at radius 2 is 2.13 bits per heavy atom. The monoisotopic (exact) mass is 495 g/mol. The summed E-state index contributed by atoms with van der Waals surface area (Å²) in [4.78, 5) is 4.46. The summed E-state index contributed by atoms with van der Waals surface area (Å²) in [5.74, 6) is 1.36. The number of hydrogen-bond donors (Lipinski definition) is 2. The van der Waals surface area contributed by atoms with Gasteiger partial charge in [-0.2, -0.15) is 0 Å². The van der Waals surface area contributed by atoms with Crippen LogP contribution in [0.15, 0.2) is 50.5 Å². The molecule has 0 unspecified atom stereocenters. The fourth-order valence-corrected chi connectivity index (χ4v) is 2.49. The summed E-state index contributed by atoms with van der Waals surface area (Å²) in [5, 5.41) is 6.40. The minimum Gasteiger partial charge on any atom is -0.469 e. The van der Waals surface area contributed by atoms with Crippen LogP contribution in [-0.4, -0.2) is 19.0 Å². The lowest BCUT2D eigenvalue weighted by atomic mass is 10.2. The first kappa shape index (κ1) is 20.0. The van der Waals surface area contributed by atoms with E-state index in [1.807, 2.05) is 25.1 Å². The van der Waals surface area contributed by atoms with Gasteiger partial charge in [0, 0.05) is 24.0 Å². The van der Waals surface area contributed by atoms with Gasteiger partial charge in [0.15, 0.2) is 5.96 Å². The summed E-state index contributed by atoms with van der Waals surface area (Å²) in [6.07, 6.45) is 2.44. The highest BCUT2D eigenvalue weighted by atomic mass is 127. The Hall–Kier alpha value is -1.09. The topological polar surface area (TPSA) is 49.6 Å². The molecule has 0 aliphatic carbocycles. The quantitative estimate of drug-likeness (QED) is 0.360. The van der Waals surface area contributed by atoms with Crippen LogP contribution < -0.4 is 10.6 Å². The fraction of sp³-hybridized carbons (Fsp3) is 0.312. The van der Waals surface area contributed by atoms with E-state index in [-0.39, 0.29) is 29.8 Å². The van der Waals surface area contributed by atoms with E-state index in [1.54, 1.807) is 6.26 Å². The molecule has 2 rings (SSSR count). The molecule has 0 saturated carbocycles. The highest BCUT2D eigenvalue weighted by molar-refractivity contribution is 14.0. The molecule has 0 spiro atoms. The molecule has 0 bridgehead atoms. The van der Waals surface area contributed by atoms with Crippen molar-refractivity contribution in [3.05, 3.63) is 58.2 Å². The third-order valence-corrected chi connectivity index (χ3v) is 3.39. The lowest BCUT2D eigenvalue weighted by molar-refractivity contribution is 0.507. The van der Waals surface area contributed by atoms with Crippen LogP contribution in [0.4, 0.5) is 4.39 Å². The second kappa shape index (κ2) is 10.6. The van der Waals surface area contributed by atoms with Crippen molar-refractivity contribution in [1.29, 1.82) is 0 Å². The van der Waals surface area contributed by atoms with E-state index in [0.717, 1.165) is 24.3 Å². The lowest BCUT2D eigenvalue weighted by Crippen LogP contribution is -2.38. The summed E-state index contributed by atoms with van der Waals surface area (Å²) in [6.45, 7) is 3.89. The van der Waals surface area contributed by atoms with Crippen molar-refractivity contribution in [3.63, 3.8) is 0 Å². The van der Waals surface area contributed by atoms with Crippen LogP contribution in [0.2, 0.25) is 0 Å². The molecule has 0 aliphatic rings.